The number of piperidine rings is 1. The molecule has 1 aromatic carbocycles. The van der Waals surface area contributed by atoms with E-state index >= 15 is 0 Å². The second kappa shape index (κ2) is 8.09. The molecule has 1 unspecified atom stereocenters. The van der Waals surface area contributed by atoms with E-state index in [9.17, 15) is 4.79 Å². The van der Waals surface area contributed by atoms with Gasteiger partial charge < -0.3 is 15.5 Å². The number of aromatic nitrogens is 1. The summed E-state index contributed by atoms with van der Waals surface area (Å²) < 4.78 is 0. The Kier molecular flexibility index (Phi) is 5.39. The van der Waals surface area contributed by atoms with Crippen molar-refractivity contribution in [3.8, 4) is 0 Å². The van der Waals surface area contributed by atoms with Crippen molar-refractivity contribution in [3.63, 3.8) is 0 Å². The van der Waals surface area contributed by atoms with Crippen LogP contribution >= 0.6 is 0 Å². The molecule has 2 aromatic rings. The van der Waals surface area contributed by atoms with Crippen LogP contribution in [0, 0.1) is 5.92 Å². The standard InChI is InChI=1S/C22H28N4O/c1-16-9-12-26(13-10-16)21-7-6-18(14-24-21)22(27)25-15-20-19-5-3-2-4-17(19)8-11-23-20/h2-7,14,16,20,23H,8-13,15H2,1H3,(H,25,27). The van der Waals surface area contributed by atoms with E-state index in [2.05, 4.69) is 51.7 Å². The lowest BCUT2D eigenvalue weighted by Gasteiger charge is -2.31. The first-order valence-corrected chi connectivity index (χ1v) is 10.0. The number of carbonyl (C=O) groups excluding carboxylic acids is 1. The Bertz CT molecular complexity index is 781. The maximum absolute atomic E-state index is 12.5. The highest BCUT2D eigenvalue weighted by atomic mass is 16.1. The zero-order chi connectivity index (χ0) is 18.6. The lowest BCUT2D eigenvalue weighted by molar-refractivity contribution is 0.0949. The molecule has 1 amide bonds. The molecule has 5 nitrogen and oxygen atoms in total. The normalized spacial score (nSPS) is 20.2. The van der Waals surface area contributed by atoms with Gasteiger partial charge >= 0.3 is 0 Å². The summed E-state index contributed by atoms with van der Waals surface area (Å²) in [5, 5.41) is 6.56. The first kappa shape index (κ1) is 18.0. The molecule has 142 valence electrons. The minimum Gasteiger partial charge on any atom is -0.357 e. The van der Waals surface area contributed by atoms with Crippen LogP contribution < -0.4 is 15.5 Å². The first-order chi connectivity index (χ1) is 13.2. The molecule has 2 aliphatic rings. The quantitative estimate of drug-likeness (QED) is 0.876. The maximum atomic E-state index is 12.5. The van der Waals surface area contributed by atoms with E-state index in [0.717, 1.165) is 37.8 Å². The Morgan fingerprint density at radius 3 is 2.81 bits per heavy atom. The Morgan fingerprint density at radius 2 is 2.04 bits per heavy atom. The smallest absolute Gasteiger partial charge is 0.252 e. The number of hydrogen-bond donors (Lipinski definition) is 2. The van der Waals surface area contributed by atoms with Crippen LogP contribution in [0.4, 0.5) is 5.82 Å². The van der Waals surface area contributed by atoms with Gasteiger partial charge in [0.1, 0.15) is 5.82 Å². The fourth-order valence-corrected chi connectivity index (χ4v) is 4.02. The van der Waals surface area contributed by atoms with Crippen LogP contribution in [0.15, 0.2) is 42.6 Å². The van der Waals surface area contributed by atoms with Gasteiger partial charge in [-0.15, -0.1) is 0 Å². The van der Waals surface area contributed by atoms with Crippen LogP contribution in [-0.4, -0.2) is 37.1 Å². The Balaban J connectivity index is 1.35. The van der Waals surface area contributed by atoms with Crippen LogP contribution in [0.5, 0.6) is 0 Å². The lowest BCUT2D eigenvalue weighted by Crippen LogP contribution is -2.39. The van der Waals surface area contributed by atoms with Gasteiger partial charge in [-0.05, 0) is 55.0 Å². The highest BCUT2D eigenvalue weighted by molar-refractivity contribution is 5.94. The summed E-state index contributed by atoms with van der Waals surface area (Å²) in [6, 6.07) is 12.5. The van der Waals surface area contributed by atoms with E-state index in [1.807, 2.05) is 12.1 Å². The molecule has 4 rings (SSSR count). The van der Waals surface area contributed by atoms with Gasteiger partial charge in [-0.1, -0.05) is 31.2 Å². The van der Waals surface area contributed by atoms with Gasteiger partial charge in [0.2, 0.25) is 0 Å². The Hall–Kier alpha value is -2.40. The fourth-order valence-electron chi connectivity index (χ4n) is 4.02. The third-order valence-electron chi connectivity index (χ3n) is 5.80. The molecule has 1 atom stereocenters. The molecule has 5 heteroatoms. The number of fused-ring (bicyclic) bond motifs is 1. The molecule has 0 radical (unpaired) electrons. The van der Waals surface area contributed by atoms with Gasteiger partial charge in [0.25, 0.3) is 5.91 Å². The average molecular weight is 364 g/mol. The number of rotatable bonds is 4. The lowest BCUT2D eigenvalue weighted by atomic mass is 9.94. The van der Waals surface area contributed by atoms with E-state index in [0.29, 0.717) is 12.1 Å². The topological polar surface area (TPSA) is 57.3 Å². The Labute approximate surface area is 161 Å². The molecule has 1 aromatic heterocycles. The monoisotopic (exact) mass is 364 g/mol. The summed E-state index contributed by atoms with van der Waals surface area (Å²) in [5.41, 5.74) is 3.28. The summed E-state index contributed by atoms with van der Waals surface area (Å²) in [6.07, 6.45) is 5.16. The number of benzene rings is 1. The molecular formula is C22H28N4O. The highest BCUT2D eigenvalue weighted by Gasteiger charge is 2.20. The maximum Gasteiger partial charge on any atom is 0.252 e. The van der Waals surface area contributed by atoms with Crippen molar-refractivity contribution in [1.82, 2.24) is 15.6 Å². The zero-order valence-electron chi connectivity index (χ0n) is 15.9. The number of nitrogens with one attached hydrogen (secondary N) is 2. The van der Waals surface area contributed by atoms with Crippen LogP contribution in [0.2, 0.25) is 0 Å². The van der Waals surface area contributed by atoms with Gasteiger partial charge in [0.15, 0.2) is 0 Å². The van der Waals surface area contributed by atoms with Crippen molar-refractivity contribution in [1.29, 1.82) is 0 Å². The van der Waals surface area contributed by atoms with Crippen molar-refractivity contribution in [3.05, 3.63) is 59.3 Å². The van der Waals surface area contributed by atoms with Gasteiger partial charge in [-0.25, -0.2) is 4.98 Å². The molecule has 0 aliphatic carbocycles. The van der Waals surface area contributed by atoms with Gasteiger partial charge in [-0.2, -0.15) is 0 Å². The van der Waals surface area contributed by atoms with Crippen LogP contribution in [0.25, 0.3) is 0 Å². The molecule has 2 N–H and O–H groups in total. The SMILES string of the molecule is CC1CCN(c2ccc(C(=O)NCC3NCCc4ccccc43)cn2)CC1. The summed E-state index contributed by atoms with van der Waals surface area (Å²) in [4.78, 5) is 19.4. The Morgan fingerprint density at radius 1 is 1.22 bits per heavy atom. The second-order valence-electron chi connectivity index (χ2n) is 7.74. The van der Waals surface area contributed by atoms with Gasteiger partial charge in [0.05, 0.1) is 5.56 Å². The van der Waals surface area contributed by atoms with Crippen molar-refractivity contribution in [2.24, 2.45) is 5.92 Å². The van der Waals surface area contributed by atoms with E-state index in [1.165, 1.54) is 24.0 Å². The molecule has 0 spiro atoms. The first-order valence-electron chi connectivity index (χ1n) is 10.0. The van der Waals surface area contributed by atoms with E-state index in [1.54, 1.807) is 6.20 Å². The minimum absolute atomic E-state index is 0.0637. The average Bonchev–Trinajstić information content (AvgIpc) is 2.72. The molecule has 1 fully saturated rings. The van der Waals surface area contributed by atoms with Crippen molar-refractivity contribution >= 4 is 11.7 Å². The van der Waals surface area contributed by atoms with Gasteiger partial charge in [0, 0.05) is 31.9 Å². The fraction of sp³-hybridized carbons (Fsp3) is 0.455. The third kappa shape index (κ3) is 4.14. The van der Waals surface area contributed by atoms with Crippen LogP contribution in [0.3, 0.4) is 0 Å². The second-order valence-corrected chi connectivity index (χ2v) is 7.74. The third-order valence-corrected chi connectivity index (χ3v) is 5.80. The predicted octanol–water partition coefficient (Wildman–Crippen LogP) is 2.93. The van der Waals surface area contributed by atoms with Crippen molar-refractivity contribution in [2.45, 2.75) is 32.2 Å². The predicted molar refractivity (Wildman–Crippen MR) is 108 cm³/mol. The molecule has 0 saturated carbocycles. The molecule has 0 bridgehead atoms. The van der Waals surface area contributed by atoms with E-state index in [-0.39, 0.29) is 11.9 Å². The van der Waals surface area contributed by atoms with E-state index < -0.39 is 0 Å². The van der Waals surface area contributed by atoms with E-state index in [4.69, 9.17) is 0 Å². The molecule has 3 heterocycles. The number of nitrogens with zero attached hydrogens (tertiary/aromatic N) is 2. The summed E-state index contributed by atoms with van der Waals surface area (Å²) in [7, 11) is 0. The zero-order valence-corrected chi connectivity index (χ0v) is 15.9. The van der Waals surface area contributed by atoms with Crippen LogP contribution in [-0.2, 0) is 6.42 Å². The number of anilines is 1. The number of pyridine rings is 1. The largest absolute Gasteiger partial charge is 0.357 e. The minimum atomic E-state index is -0.0637. The van der Waals surface area contributed by atoms with Crippen molar-refractivity contribution in [2.75, 3.05) is 31.1 Å². The number of amides is 1. The number of carbonyl (C=O) groups is 1. The summed E-state index contributed by atoms with van der Waals surface area (Å²) >= 11 is 0. The van der Waals surface area contributed by atoms with Gasteiger partial charge in [-0.3, -0.25) is 4.79 Å². The van der Waals surface area contributed by atoms with Crippen molar-refractivity contribution < 1.29 is 4.79 Å². The van der Waals surface area contributed by atoms with Crippen LogP contribution in [0.1, 0.15) is 47.3 Å². The molecule has 2 aliphatic heterocycles. The molecule has 1 saturated heterocycles. The summed E-state index contributed by atoms with van der Waals surface area (Å²) in [6.45, 7) is 5.93. The summed E-state index contributed by atoms with van der Waals surface area (Å²) in [5.74, 6) is 1.71. The molecular weight excluding hydrogens is 336 g/mol. The highest BCUT2D eigenvalue weighted by Crippen LogP contribution is 2.23. The molecule has 27 heavy (non-hydrogen) atoms. The number of hydrogen-bond acceptors (Lipinski definition) is 4.